The monoisotopic (exact) mass is 498 g/mol. The molecule has 2 aromatic rings. The van der Waals surface area contributed by atoms with E-state index in [0.29, 0.717) is 17.2 Å². The van der Waals surface area contributed by atoms with Gasteiger partial charge >= 0.3 is 0 Å². The van der Waals surface area contributed by atoms with Crippen LogP contribution in [0.25, 0.3) is 0 Å². The van der Waals surface area contributed by atoms with Gasteiger partial charge in [-0.1, -0.05) is 15.9 Å². The molecule has 0 spiro atoms. The Balaban J connectivity index is 1.89. The van der Waals surface area contributed by atoms with Crippen molar-refractivity contribution < 1.29 is 19.0 Å². The van der Waals surface area contributed by atoms with E-state index in [2.05, 4.69) is 42.4 Å². The van der Waals surface area contributed by atoms with Crippen LogP contribution in [0.5, 0.6) is 17.2 Å². The number of methoxy groups -OCH3 is 1. The maximum Gasteiger partial charge on any atom is 0.277 e. The largest absolute Gasteiger partial charge is 0.493 e. The van der Waals surface area contributed by atoms with Gasteiger partial charge in [0.1, 0.15) is 5.75 Å². The van der Waals surface area contributed by atoms with E-state index in [0.717, 1.165) is 14.5 Å². The van der Waals surface area contributed by atoms with Crippen molar-refractivity contribution in [2.45, 2.75) is 20.0 Å². The van der Waals surface area contributed by atoms with E-state index in [1.54, 1.807) is 25.3 Å². The van der Waals surface area contributed by atoms with Crippen molar-refractivity contribution >= 4 is 44.0 Å². The molecule has 2 rings (SSSR count). The maximum atomic E-state index is 11.9. The summed E-state index contributed by atoms with van der Waals surface area (Å²) in [6, 6.07) is 10.8. The molecule has 2 aromatic carbocycles. The van der Waals surface area contributed by atoms with Crippen molar-refractivity contribution in [3.05, 3.63) is 50.9 Å². The molecule has 0 atom stereocenters. The molecule has 0 saturated carbocycles. The topological polar surface area (TPSA) is 69.2 Å². The Morgan fingerprint density at radius 3 is 2.56 bits per heavy atom. The van der Waals surface area contributed by atoms with Crippen LogP contribution in [0.2, 0.25) is 0 Å². The molecule has 0 aliphatic carbocycles. The van der Waals surface area contributed by atoms with Crippen LogP contribution >= 0.6 is 31.9 Å². The summed E-state index contributed by atoms with van der Waals surface area (Å²) >= 11 is 6.73. The molecular formula is C19H20Br2N2O4. The minimum absolute atomic E-state index is 0.0449. The van der Waals surface area contributed by atoms with Crippen molar-refractivity contribution in [2.24, 2.45) is 5.10 Å². The van der Waals surface area contributed by atoms with Crippen molar-refractivity contribution in [1.29, 1.82) is 0 Å². The van der Waals surface area contributed by atoms with Gasteiger partial charge in [-0.25, -0.2) is 5.43 Å². The third kappa shape index (κ3) is 6.88. The number of ether oxygens (including phenoxy) is 3. The lowest BCUT2D eigenvalue weighted by molar-refractivity contribution is -0.123. The first-order valence-electron chi connectivity index (χ1n) is 8.13. The average molecular weight is 500 g/mol. The molecule has 0 aliphatic heterocycles. The normalized spacial score (nSPS) is 10.9. The van der Waals surface area contributed by atoms with Crippen LogP contribution < -0.4 is 19.6 Å². The van der Waals surface area contributed by atoms with Gasteiger partial charge in [0, 0.05) is 4.47 Å². The molecule has 0 radical (unpaired) electrons. The Bertz CT molecular complexity index is 825. The Morgan fingerprint density at radius 1 is 1.15 bits per heavy atom. The Kier molecular flexibility index (Phi) is 8.12. The number of carbonyl (C=O) groups is 1. The van der Waals surface area contributed by atoms with Gasteiger partial charge in [0.2, 0.25) is 0 Å². The second kappa shape index (κ2) is 10.3. The first-order valence-corrected chi connectivity index (χ1v) is 9.72. The van der Waals surface area contributed by atoms with Crippen LogP contribution in [0.4, 0.5) is 0 Å². The number of carbonyl (C=O) groups excluding carboxylic acids is 1. The summed E-state index contributed by atoms with van der Waals surface area (Å²) in [4.78, 5) is 11.9. The Labute approximate surface area is 175 Å². The van der Waals surface area contributed by atoms with Crippen LogP contribution in [-0.2, 0) is 4.79 Å². The Hall–Kier alpha value is -2.06. The molecule has 6 nitrogen and oxygen atoms in total. The van der Waals surface area contributed by atoms with E-state index in [1.165, 1.54) is 6.21 Å². The van der Waals surface area contributed by atoms with Crippen molar-refractivity contribution in [3.8, 4) is 17.2 Å². The first-order chi connectivity index (χ1) is 12.9. The molecule has 8 heteroatoms. The van der Waals surface area contributed by atoms with Crippen LogP contribution in [0.1, 0.15) is 19.4 Å². The first kappa shape index (κ1) is 21.2. The van der Waals surface area contributed by atoms with E-state index in [9.17, 15) is 4.79 Å². The summed E-state index contributed by atoms with van der Waals surface area (Å²) in [5.41, 5.74) is 3.19. The third-order valence-electron chi connectivity index (χ3n) is 3.21. The lowest BCUT2D eigenvalue weighted by Crippen LogP contribution is -2.24. The third-order valence-corrected chi connectivity index (χ3v) is 4.32. The molecule has 0 aliphatic rings. The van der Waals surface area contributed by atoms with E-state index >= 15 is 0 Å². The number of halogens is 2. The molecule has 0 bridgehead atoms. The quantitative estimate of drug-likeness (QED) is 0.427. The molecule has 27 heavy (non-hydrogen) atoms. The van der Waals surface area contributed by atoms with Crippen molar-refractivity contribution in [1.82, 2.24) is 5.43 Å². The van der Waals surface area contributed by atoms with Gasteiger partial charge < -0.3 is 14.2 Å². The highest BCUT2D eigenvalue weighted by molar-refractivity contribution is 9.11. The van der Waals surface area contributed by atoms with E-state index < -0.39 is 0 Å². The molecular weight excluding hydrogens is 480 g/mol. The predicted molar refractivity (Wildman–Crippen MR) is 112 cm³/mol. The zero-order valence-electron chi connectivity index (χ0n) is 15.2. The zero-order chi connectivity index (χ0) is 19.8. The van der Waals surface area contributed by atoms with Crippen LogP contribution in [0, 0.1) is 0 Å². The highest BCUT2D eigenvalue weighted by Crippen LogP contribution is 2.29. The molecule has 144 valence electrons. The van der Waals surface area contributed by atoms with Crippen LogP contribution in [-0.4, -0.2) is 31.9 Å². The summed E-state index contributed by atoms with van der Waals surface area (Å²) in [5.74, 6) is 1.46. The summed E-state index contributed by atoms with van der Waals surface area (Å²) in [6.07, 6.45) is 1.57. The second-order valence-electron chi connectivity index (χ2n) is 5.73. The maximum absolute atomic E-state index is 11.9. The number of amides is 1. The number of benzene rings is 2. The average Bonchev–Trinajstić information content (AvgIpc) is 2.61. The predicted octanol–water partition coefficient (Wildman–Crippen LogP) is 4.54. The van der Waals surface area contributed by atoms with Gasteiger partial charge in [-0.05, 0) is 71.7 Å². The summed E-state index contributed by atoms with van der Waals surface area (Å²) in [7, 11) is 1.57. The fourth-order valence-electron chi connectivity index (χ4n) is 2.06. The standard InChI is InChI=1S/C19H20Br2N2O4/c1-12(2)27-17-6-4-13(8-18(17)25-3)10-22-23-19(24)11-26-16-7-5-14(20)9-15(16)21/h4-10,12H,11H2,1-3H3,(H,23,24)/b22-10+. The summed E-state index contributed by atoms with van der Waals surface area (Å²) in [6.45, 7) is 3.74. The molecule has 0 saturated heterocycles. The van der Waals surface area contributed by atoms with Gasteiger partial charge in [0.15, 0.2) is 18.1 Å². The lowest BCUT2D eigenvalue weighted by Gasteiger charge is -2.13. The number of hydrogen-bond donors (Lipinski definition) is 1. The number of rotatable bonds is 8. The molecule has 1 N–H and O–H groups in total. The van der Waals surface area contributed by atoms with Gasteiger partial charge in [-0.3, -0.25) is 4.79 Å². The minimum Gasteiger partial charge on any atom is -0.493 e. The molecule has 0 unspecified atom stereocenters. The highest BCUT2D eigenvalue weighted by Gasteiger charge is 2.08. The smallest absolute Gasteiger partial charge is 0.277 e. The minimum atomic E-state index is -0.368. The van der Waals surface area contributed by atoms with Gasteiger partial charge in [0.25, 0.3) is 5.91 Å². The fourth-order valence-corrected chi connectivity index (χ4v) is 3.22. The molecule has 1 amide bonds. The lowest BCUT2D eigenvalue weighted by atomic mass is 10.2. The number of nitrogens with one attached hydrogen (secondary N) is 1. The van der Waals surface area contributed by atoms with Gasteiger partial charge in [-0.2, -0.15) is 5.10 Å². The number of hydrogen-bond acceptors (Lipinski definition) is 5. The van der Waals surface area contributed by atoms with Crippen molar-refractivity contribution in [2.75, 3.05) is 13.7 Å². The molecule has 0 fully saturated rings. The second-order valence-corrected chi connectivity index (χ2v) is 7.50. The van der Waals surface area contributed by atoms with Crippen molar-refractivity contribution in [3.63, 3.8) is 0 Å². The number of hydrazone groups is 1. The zero-order valence-corrected chi connectivity index (χ0v) is 18.3. The van der Waals surface area contributed by atoms with Crippen LogP contribution in [0.3, 0.4) is 0 Å². The van der Waals surface area contributed by atoms with Gasteiger partial charge in [0.05, 0.1) is 23.9 Å². The van der Waals surface area contributed by atoms with E-state index in [4.69, 9.17) is 14.2 Å². The SMILES string of the molecule is COc1cc(/C=N/NC(=O)COc2ccc(Br)cc2Br)ccc1OC(C)C. The fraction of sp³-hybridized carbons (Fsp3) is 0.263. The Morgan fingerprint density at radius 2 is 1.89 bits per heavy atom. The molecule has 0 heterocycles. The summed E-state index contributed by atoms with van der Waals surface area (Å²) < 4.78 is 18.1. The number of nitrogens with zero attached hydrogens (tertiary/aromatic N) is 1. The molecule has 0 aromatic heterocycles. The summed E-state index contributed by atoms with van der Waals surface area (Å²) in [5, 5.41) is 3.94. The van der Waals surface area contributed by atoms with Crippen LogP contribution in [0.15, 0.2) is 50.4 Å². The van der Waals surface area contributed by atoms with E-state index in [-0.39, 0.29) is 18.6 Å². The van der Waals surface area contributed by atoms with E-state index in [1.807, 2.05) is 32.0 Å². The van der Waals surface area contributed by atoms with Gasteiger partial charge in [-0.15, -0.1) is 0 Å². The highest BCUT2D eigenvalue weighted by atomic mass is 79.9.